The van der Waals surface area contributed by atoms with E-state index in [2.05, 4.69) is 28.2 Å². The highest BCUT2D eigenvalue weighted by Gasteiger charge is 2.23. The van der Waals surface area contributed by atoms with Crippen molar-refractivity contribution >= 4 is 27.5 Å². The van der Waals surface area contributed by atoms with Crippen LogP contribution in [0, 0.1) is 0 Å². The van der Waals surface area contributed by atoms with E-state index in [4.69, 9.17) is 0 Å². The molecule has 4 nitrogen and oxygen atoms in total. The van der Waals surface area contributed by atoms with Crippen molar-refractivity contribution in [3.05, 3.63) is 28.7 Å². The number of carbonyl (C=O) groups excluding carboxylic acids is 1. The lowest BCUT2D eigenvalue weighted by Crippen LogP contribution is -3.28. The van der Waals surface area contributed by atoms with Crippen molar-refractivity contribution in [3.63, 3.8) is 0 Å². The molecule has 20 heavy (non-hydrogen) atoms. The lowest BCUT2D eigenvalue weighted by atomic mass is 10.3. The molecule has 0 aliphatic carbocycles. The Bertz CT molecular complexity index is 427. The second-order valence-corrected chi connectivity index (χ2v) is 6.40. The van der Waals surface area contributed by atoms with E-state index in [0.29, 0.717) is 6.54 Å². The van der Waals surface area contributed by atoms with Gasteiger partial charge in [-0.2, -0.15) is 0 Å². The quantitative estimate of drug-likeness (QED) is 0.668. The Morgan fingerprint density at radius 2 is 1.75 bits per heavy atom. The first-order chi connectivity index (χ1) is 9.67. The van der Waals surface area contributed by atoms with Crippen molar-refractivity contribution < 1.29 is 14.6 Å². The summed E-state index contributed by atoms with van der Waals surface area (Å²) in [7, 11) is 0. The number of halogens is 1. The number of hydrogen-bond acceptors (Lipinski definition) is 1. The first kappa shape index (κ1) is 15.5. The number of amides is 1. The molecule has 1 saturated heterocycles. The van der Waals surface area contributed by atoms with E-state index in [1.165, 1.54) is 31.0 Å². The zero-order chi connectivity index (χ0) is 14.4. The van der Waals surface area contributed by atoms with Crippen molar-refractivity contribution in [2.24, 2.45) is 0 Å². The zero-order valence-electron chi connectivity index (χ0n) is 12.0. The van der Waals surface area contributed by atoms with E-state index < -0.39 is 0 Å². The van der Waals surface area contributed by atoms with Gasteiger partial charge in [-0.1, -0.05) is 22.9 Å². The highest BCUT2D eigenvalue weighted by Crippen LogP contribution is 2.13. The smallest absolute Gasteiger partial charge is 0.279 e. The lowest BCUT2D eigenvalue weighted by Gasteiger charge is -2.29. The highest BCUT2D eigenvalue weighted by atomic mass is 79.9. The molecule has 0 saturated carbocycles. The third-order valence-electron chi connectivity index (χ3n) is 3.81. The molecule has 0 spiro atoms. The van der Waals surface area contributed by atoms with E-state index in [1.54, 1.807) is 4.90 Å². The molecule has 0 aromatic heterocycles. The summed E-state index contributed by atoms with van der Waals surface area (Å²) in [4.78, 5) is 15.1. The molecule has 1 aromatic carbocycles. The number of piperazine rings is 1. The molecule has 5 heteroatoms. The Hall–Kier alpha value is -0.910. The molecule has 110 valence electrons. The average molecular weight is 342 g/mol. The second-order valence-electron chi connectivity index (χ2n) is 5.48. The Kier molecular flexibility index (Phi) is 6.01. The van der Waals surface area contributed by atoms with Gasteiger partial charge in [0.25, 0.3) is 5.91 Å². The molecule has 0 unspecified atom stereocenters. The van der Waals surface area contributed by atoms with Gasteiger partial charge in [-0.05, 0) is 30.7 Å². The van der Waals surface area contributed by atoms with Gasteiger partial charge in [0.15, 0.2) is 6.54 Å². The van der Waals surface area contributed by atoms with Crippen LogP contribution in [0.2, 0.25) is 0 Å². The van der Waals surface area contributed by atoms with Crippen LogP contribution >= 0.6 is 15.9 Å². The summed E-state index contributed by atoms with van der Waals surface area (Å²) in [5.74, 6) is 0.112. The maximum Gasteiger partial charge on any atom is 0.279 e. The van der Waals surface area contributed by atoms with Crippen LogP contribution in [0.1, 0.15) is 13.3 Å². The Morgan fingerprint density at radius 3 is 2.35 bits per heavy atom. The Balaban J connectivity index is 1.74. The minimum atomic E-state index is 0.112. The summed E-state index contributed by atoms with van der Waals surface area (Å²) in [6.45, 7) is 8.65. The summed E-state index contributed by atoms with van der Waals surface area (Å²) < 4.78 is 1.02. The molecule has 1 fully saturated rings. The SMILES string of the molecule is CCC[NH+]1CC[NH+](CC(=O)Nc2ccc(Br)cc2)CC1. The molecule has 1 aromatic rings. The third-order valence-corrected chi connectivity index (χ3v) is 4.33. The lowest BCUT2D eigenvalue weighted by molar-refractivity contribution is -1.01. The van der Waals surface area contributed by atoms with Crippen LogP contribution in [0.3, 0.4) is 0 Å². The molecule has 1 amide bonds. The topological polar surface area (TPSA) is 38.0 Å². The number of hydrogen-bond donors (Lipinski definition) is 3. The molecular formula is C15H24BrN3O+2. The van der Waals surface area contributed by atoms with Crippen LogP contribution in [-0.2, 0) is 4.79 Å². The molecule has 1 heterocycles. The summed E-state index contributed by atoms with van der Waals surface area (Å²) >= 11 is 3.39. The molecule has 0 atom stereocenters. The van der Waals surface area contributed by atoms with Gasteiger partial charge in [0.2, 0.25) is 0 Å². The van der Waals surface area contributed by atoms with Gasteiger partial charge in [0, 0.05) is 10.2 Å². The van der Waals surface area contributed by atoms with Gasteiger partial charge >= 0.3 is 0 Å². The van der Waals surface area contributed by atoms with Crippen molar-refractivity contribution in [3.8, 4) is 0 Å². The number of rotatable bonds is 5. The zero-order valence-corrected chi connectivity index (χ0v) is 13.6. The number of nitrogens with one attached hydrogen (secondary N) is 3. The molecule has 0 radical (unpaired) electrons. The largest absolute Gasteiger partial charge is 0.326 e. The van der Waals surface area contributed by atoms with Crippen molar-refractivity contribution in [2.45, 2.75) is 13.3 Å². The minimum Gasteiger partial charge on any atom is -0.326 e. The number of benzene rings is 1. The third kappa shape index (κ3) is 4.89. The van der Waals surface area contributed by atoms with E-state index in [0.717, 1.165) is 23.2 Å². The van der Waals surface area contributed by atoms with Crippen molar-refractivity contribution in [1.29, 1.82) is 0 Å². The fourth-order valence-electron chi connectivity index (χ4n) is 2.70. The number of anilines is 1. The van der Waals surface area contributed by atoms with Crippen LogP contribution in [-0.4, -0.2) is 45.2 Å². The molecule has 2 rings (SSSR count). The Labute approximate surface area is 129 Å². The van der Waals surface area contributed by atoms with Crippen LogP contribution in [0.5, 0.6) is 0 Å². The number of quaternary nitrogens is 2. The van der Waals surface area contributed by atoms with E-state index >= 15 is 0 Å². The van der Waals surface area contributed by atoms with Crippen LogP contribution in [0.25, 0.3) is 0 Å². The average Bonchev–Trinajstić information content (AvgIpc) is 2.44. The van der Waals surface area contributed by atoms with Crippen LogP contribution in [0.15, 0.2) is 28.7 Å². The fraction of sp³-hybridized carbons (Fsp3) is 0.533. The molecule has 1 aliphatic rings. The molecule has 0 bridgehead atoms. The minimum absolute atomic E-state index is 0.112. The van der Waals surface area contributed by atoms with Gasteiger partial charge in [-0.25, -0.2) is 0 Å². The summed E-state index contributed by atoms with van der Waals surface area (Å²) in [5, 5.41) is 2.97. The van der Waals surface area contributed by atoms with Gasteiger partial charge in [0.1, 0.15) is 26.2 Å². The molecule has 3 N–H and O–H groups in total. The maximum absolute atomic E-state index is 12.0. The van der Waals surface area contributed by atoms with Crippen molar-refractivity contribution in [1.82, 2.24) is 0 Å². The highest BCUT2D eigenvalue weighted by molar-refractivity contribution is 9.10. The van der Waals surface area contributed by atoms with E-state index in [1.807, 2.05) is 24.3 Å². The summed E-state index contributed by atoms with van der Waals surface area (Å²) in [6.07, 6.45) is 1.24. The second kappa shape index (κ2) is 7.76. The normalized spacial score (nSPS) is 22.5. The van der Waals surface area contributed by atoms with E-state index in [9.17, 15) is 4.79 Å². The monoisotopic (exact) mass is 341 g/mol. The summed E-state index contributed by atoms with van der Waals surface area (Å²) in [6, 6.07) is 7.71. The predicted molar refractivity (Wildman–Crippen MR) is 84.2 cm³/mol. The summed E-state index contributed by atoms with van der Waals surface area (Å²) in [5.41, 5.74) is 0.868. The first-order valence-electron chi connectivity index (χ1n) is 7.40. The van der Waals surface area contributed by atoms with E-state index in [-0.39, 0.29) is 5.91 Å². The van der Waals surface area contributed by atoms with Gasteiger partial charge in [-0.3, -0.25) is 4.79 Å². The van der Waals surface area contributed by atoms with Gasteiger partial charge in [-0.15, -0.1) is 0 Å². The molecule has 1 aliphatic heterocycles. The van der Waals surface area contributed by atoms with Crippen molar-refractivity contribution in [2.75, 3.05) is 44.6 Å². The maximum atomic E-state index is 12.0. The number of carbonyl (C=O) groups is 1. The van der Waals surface area contributed by atoms with Crippen LogP contribution in [0.4, 0.5) is 5.69 Å². The Morgan fingerprint density at radius 1 is 1.15 bits per heavy atom. The predicted octanol–water partition coefficient (Wildman–Crippen LogP) is -0.419. The first-order valence-corrected chi connectivity index (χ1v) is 8.19. The van der Waals surface area contributed by atoms with Crippen LogP contribution < -0.4 is 15.1 Å². The standard InChI is InChI=1S/C15H22BrN3O/c1-2-7-18-8-10-19(11-9-18)12-15(20)17-14-5-3-13(16)4-6-14/h3-6H,2,7-12H2,1H3,(H,17,20)/p+2. The van der Waals surface area contributed by atoms with Gasteiger partial charge < -0.3 is 15.1 Å². The fourth-order valence-corrected chi connectivity index (χ4v) is 2.97. The molecular weight excluding hydrogens is 318 g/mol. The van der Waals surface area contributed by atoms with Gasteiger partial charge in [0.05, 0.1) is 6.54 Å².